The fraction of sp³-hybridized carbons (Fsp3) is 0.980. The van der Waals surface area contributed by atoms with Gasteiger partial charge in [0.15, 0.2) is 12.4 Å². The van der Waals surface area contributed by atoms with Gasteiger partial charge in [0.05, 0.1) is 31.5 Å². The van der Waals surface area contributed by atoms with Crippen molar-refractivity contribution in [2.45, 2.75) is 299 Å². The number of carbonyl (C=O) groups excluding carboxylic acids is 1. The largest absolute Gasteiger partial charge is 0.394 e. The van der Waals surface area contributed by atoms with Crippen molar-refractivity contribution in [3.8, 4) is 0 Å². The zero-order valence-corrected chi connectivity index (χ0v) is 40.4. The Hall–Kier alpha value is -1.01. The van der Waals surface area contributed by atoms with Crippen molar-refractivity contribution >= 4 is 5.91 Å². The smallest absolute Gasteiger partial charge is 0.251 e. The number of amides is 1. The van der Waals surface area contributed by atoms with E-state index in [9.17, 15) is 55.9 Å². The molecule has 1 amide bonds. The molecular weight excluding hydrogens is 823 g/mol. The molecule has 1 aliphatic rings. The topological polar surface area (TPSA) is 250 Å². The Balaban J connectivity index is 2.49. The molecule has 1 heterocycles. The first kappa shape index (κ1) is 61.0. The molecule has 0 spiro atoms. The average molecular weight is 922 g/mol. The Labute approximate surface area is 387 Å². The summed E-state index contributed by atoms with van der Waals surface area (Å²) in [7, 11) is 0. The van der Waals surface area contributed by atoms with Crippen LogP contribution >= 0.6 is 0 Å². The van der Waals surface area contributed by atoms with Crippen molar-refractivity contribution in [1.29, 1.82) is 0 Å². The van der Waals surface area contributed by atoms with E-state index in [4.69, 9.17) is 9.47 Å². The third-order valence-electron chi connectivity index (χ3n) is 13.2. The standard InChI is InChI=1S/C50H99NO13/c1-3-5-7-9-11-13-15-16-17-18-19-20-21-22-23-24-25-27-29-31-33-35-40(54)44(57)49(62)51-38(37-63-50-48(61)47(60)45(58)41(36-52)64-50)42(55)46(59)43(56)39(53)34-32-30-28-26-14-12-10-8-6-4-2/h38-48,50,52-61H,3-37H2,1-2H3,(H,51,62)/t38-,39+,40+,41+,42-,43-,44+,45-,46-,47-,48+,50-/m0/s1. The first-order valence-electron chi connectivity index (χ1n) is 26.2. The number of unbranched alkanes of at least 4 members (excludes halogenated alkanes) is 29. The van der Waals surface area contributed by atoms with Gasteiger partial charge in [0.25, 0.3) is 5.91 Å². The van der Waals surface area contributed by atoms with Crippen LogP contribution in [0.25, 0.3) is 0 Å². The minimum absolute atomic E-state index is 0.148. The molecule has 1 rings (SSSR count). The zero-order chi connectivity index (χ0) is 47.4. The normalized spacial score (nSPS) is 22.5. The molecule has 1 aliphatic heterocycles. The summed E-state index contributed by atoms with van der Waals surface area (Å²) >= 11 is 0. The van der Waals surface area contributed by atoms with Gasteiger partial charge < -0.3 is 65.9 Å². The summed E-state index contributed by atoms with van der Waals surface area (Å²) in [5, 5.41) is 108. The summed E-state index contributed by atoms with van der Waals surface area (Å²) in [5.41, 5.74) is 0. The van der Waals surface area contributed by atoms with E-state index in [0.717, 1.165) is 51.4 Å². The van der Waals surface area contributed by atoms with Crippen molar-refractivity contribution < 1.29 is 65.3 Å². The lowest BCUT2D eigenvalue weighted by Crippen LogP contribution is -2.61. The van der Waals surface area contributed by atoms with E-state index in [1.807, 2.05) is 0 Å². The van der Waals surface area contributed by atoms with Crippen molar-refractivity contribution in [2.75, 3.05) is 13.2 Å². The van der Waals surface area contributed by atoms with Gasteiger partial charge in [-0.05, 0) is 12.8 Å². The second-order valence-electron chi connectivity index (χ2n) is 19.0. The van der Waals surface area contributed by atoms with Crippen LogP contribution in [0.1, 0.15) is 226 Å². The van der Waals surface area contributed by atoms with Crippen molar-refractivity contribution in [3.63, 3.8) is 0 Å². The fourth-order valence-electron chi connectivity index (χ4n) is 8.69. The zero-order valence-electron chi connectivity index (χ0n) is 40.4. The molecule has 12 atom stereocenters. The van der Waals surface area contributed by atoms with Gasteiger partial charge in [0.1, 0.15) is 42.7 Å². The second-order valence-corrected chi connectivity index (χ2v) is 19.0. The van der Waals surface area contributed by atoms with Crippen molar-refractivity contribution in [2.24, 2.45) is 0 Å². The predicted molar refractivity (Wildman–Crippen MR) is 251 cm³/mol. The minimum Gasteiger partial charge on any atom is -0.394 e. The van der Waals surface area contributed by atoms with Crippen molar-refractivity contribution in [3.05, 3.63) is 0 Å². The summed E-state index contributed by atoms with van der Waals surface area (Å²) in [6.07, 6.45) is 18.4. The van der Waals surface area contributed by atoms with Gasteiger partial charge in [-0.25, -0.2) is 0 Å². The number of hydrogen-bond acceptors (Lipinski definition) is 13. The Kier molecular flexibility index (Phi) is 38.1. The number of aliphatic hydroxyl groups excluding tert-OH is 10. The van der Waals surface area contributed by atoms with Gasteiger partial charge in [0, 0.05) is 0 Å². The summed E-state index contributed by atoms with van der Waals surface area (Å²) < 4.78 is 10.9. The van der Waals surface area contributed by atoms with Gasteiger partial charge in [-0.3, -0.25) is 4.79 Å². The number of hydrogen-bond donors (Lipinski definition) is 11. The van der Waals surface area contributed by atoms with E-state index >= 15 is 0 Å². The lowest BCUT2D eigenvalue weighted by Gasteiger charge is -2.40. The lowest BCUT2D eigenvalue weighted by molar-refractivity contribution is -0.303. The third-order valence-corrected chi connectivity index (χ3v) is 13.2. The van der Waals surface area contributed by atoms with Crippen LogP contribution in [0, 0.1) is 0 Å². The van der Waals surface area contributed by atoms with E-state index in [0.29, 0.717) is 12.8 Å². The number of rotatable bonds is 44. The molecule has 0 aromatic heterocycles. The number of ether oxygens (including phenoxy) is 2. The Morgan fingerprint density at radius 1 is 0.484 bits per heavy atom. The van der Waals surface area contributed by atoms with Crippen LogP contribution in [0.4, 0.5) is 0 Å². The molecule has 0 unspecified atom stereocenters. The molecular formula is C50H99NO13. The highest BCUT2D eigenvalue weighted by atomic mass is 16.7. The van der Waals surface area contributed by atoms with Crippen LogP contribution in [0.15, 0.2) is 0 Å². The maximum Gasteiger partial charge on any atom is 0.251 e. The summed E-state index contributed by atoms with van der Waals surface area (Å²) in [5.74, 6) is -1.09. The minimum atomic E-state index is -2.00. The molecule has 1 saturated heterocycles. The van der Waals surface area contributed by atoms with E-state index in [1.54, 1.807) is 0 Å². The van der Waals surface area contributed by atoms with Crippen molar-refractivity contribution in [1.82, 2.24) is 5.32 Å². The average Bonchev–Trinajstić information content (AvgIpc) is 3.29. The van der Waals surface area contributed by atoms with Gasteiger partial charge in [0.2, 0.25) is 0 Å². The molecule has 14 heteroatoms. The highest BCUT2D eigenvalue weighted by Gasteiger charge is 2.45. The van der Waals surface area contributed by atoms with E-state index < -0.39 is 92.5 Å². The predicted octanol–water partition coefficient (Wildman–Crippen LogP) is 6.37. The maximum atomic E-state index is 13.2. The second kappa shape index (κ2) is 39.9. The summed E-state index contributed by atoms with van der Waals surface area (Å²) in [6, 6.07) is -1.58. The van der Waals surface area contributed by atoms with Gasteiger partial charge >= 0.3 is 0 Å². The van der Waals surface area contributed by atoms with Gasteiger partial charge in [-0.2, -0.15) is 0 Å². The number of carbonyl (C=O) groups is 1. The molecule has 0 radical (unpaired) electrons. The number of aliphatic hydroxyl groups is 10. The Bertz CT molecular complexity index is 1060. The van der Waals surface area contributed by atoms with E-state index in [-0.39, 0.29) is 12.8 Å². The molecule has 0 bridgehead atoms. The highest BCUT2D eigenvalue weighted by Crippen LogP contribution is 2.24. The van der Waals surface area contributed by atoms with Crippen LogP contribution in [0.3, 0.4) is 0 Å². The fourth-order valence-corrected chi connectivity index (χ4v) is 8.69. The van der Waals surface area contributed by atoms with E-state index in [1.165, 1.54) is 135 Å². The Morgan fingerprint density at radius 2 is 0.844 bits per heavy atom. The molecule has 0 saturated carbocycles. The third kappa shape index (κ3) is 27.7. The summed E-state index contributed by atoms with van der Waals surface area (Å²) in [6.45, 7) is 3.01. The highest BCUT2D eigenvalue weighted by molar-refractivity contribution is 5.81. The first-order chi connectivity index (χ1) is 30.9. The van der Waals surface area contributed by atoms with Crippen LogP contribution < -0.4 is 5.32 Å². The van der Waals surface area contributed by atoms with Crippen LogP contribution in [0.5, 0.6) is 0 Å². The molecule has 0 aromatic rings. The number of nitrogens with one attached hydrogen (secondary N) is 1. The molecule has 64 heavy (non-hydrogen) atoms. The first-order valence-corrected chi connectivity index (χ1v) is 26.2. The Morgan fingerprint density at radius 3 is 1.22 bits per heavy atom. The molecule has 0 aliphatic carbocycles. The van der Waals surface area contributed by atoms with Gasteiger partial charge in [-0.1, -0.05) is 213 Å². The van der Waals surface area contributed by atoms with Crippen LogP contribution in [0.2, 0.25) is 0 Å². The van der Waals surface area contributed by atoms with Crippen LogP contribution in [-0.2, 0) is 14.3 Å². The van der Waals surface area contributed by atoms with Crippen LogP contribution in [-0.4, -0.2) is 144 Å². The molecule has 11 N–H and O–H groups in total. The molecule has 14 nitrogen and oxygen atoms in total. The van der Waals surface area contributed by atoms with Gasteiger partial charge in [-0.15, -0.1) is 0 Å². The maximum absolute atomic E-state index is 13.2. The van der Waals surface area contributed by atoms with E-state index in [2.05, 4.69) is 19.2 Å². The summed E-state index contributed by atoms with van der Waals surface area (Å²) in [4.78, 5) is 13.2. The lowest BCUT2D eigenvalue weighted by atomic mass is 9.94. The molecule has 382 valence electrons. The SMILES string of the molecule is CCCCCCCCCCCCCCCCCCCCCCC[C@@H](O)[C@@H](O)C(=O)N[C@@H](CO[C@H]1O[C@H](CO)[C@H](O)[C@H](O)[C@H]1O)[C@H](O)[C@H](O)[C@@H](O)[C@H](O)CCCCCCCCCCCC. The monoisotopic (exact) mass is 922 g/mol. The molecule has 1 fully saturated rings. The molecule has 0 aromatic carbocycles. The quantitative estimate of drug-likeness (QED) is 0.0298.